The minimum absolute atomic E-state index is 0.0205. The van der Waals surface area contributed by atoms with Crippen molar-refractivity contribution in [1.29, 1.82) is 0 Å². The van der Waals surface area contributed by atoms with Crippen LogP contribution < -0.4 is 16.4 Å². The third-order valence-electron chi connectivity index (χ3n) is 6.87. The number of nitrogens with two attached hydrogens (primary N) is 2. The van der Waals surface area contributed by atoms with Gasteiger partial charge in [0.25, 0.3) is 0 Å². The lowest BCUT2D eigenvalue weighted by atomic mass is 9.97. The highest BCUT2D eigenvalue weighted by molar-refractivity contribution is 5.88. The molecule has 0 aliphatic carbocycles. The zero-order valence-corrected chi connectivity index (χ0v) is 20.0. The summed E-state index contributed by atoms with van der Waals surface area (Å²) in [5.41, 5.74) is 9.89. The fraction of sp³-hybridized carbons (Fsp3) is 0.478. The fourth-order valence-electron chi connectivity index (χ4n) is 5.09. The van der Waals surface area contributed by atoms with Gasteiger partial charge in [0, 0.05) is 37.4 Å². The van der Waals surface area contributed by atoms with E-state index >= 15 is 0 Å². The molecule has 1 amide bonds. The molecule has 2 atom stereocenters. The molecule has 2 fully saturated rings. The Balaban J connectivity index is 1.52. The maximum atomic E-state index is 14.7. The average molecular weight is 523 g/mol. The monoisotopic (exact) mass is 522 g/mol. The molecule has 0 spiro atoms. The number of nitrogen functional groups attached to an aromatic ring is 1. The first-order chi connectivity index (χ1) is 17.5. The summed E-state index contributed by atoms with van der Waals surface area (Å²) in [5, 5.41) is 0. The SMILES string of the molecule is C[C@H]1CN(C(=O)[C@@]2(N)CCN(c3ccc(F)c(C(F)(F)F)c3Cn3cnc4c(N)ncnc43)C2)CCO1. The van der Waals surface area contributed by atoms with Crippen molar-refractivity contribution in [2.75, 3.05) is 43.4 Å². The van der Waals surface area contributed by atoms with Crippen LogP contribution in [0, 0.1) is 5.82 Å². The molecule has 0 bridgehead atoms. The predicted octanol–water partition coefficient (Wildman–Crippen LogP) is 1.77. The summed E-state index contributed by atoms with van der Waals surface area (Å²) < 4.78 is 63.9. The Morgan fingerprint density at radius 1 is 1.24 bits per heavy atom. The number of hydrogen-bond acceptors (Lipinski definition) is 8. The zero-order chi connectivity index (χ0) is 26.5. The number of carbonyl (C=O) groups is 1. The van der Waals surface area contributed by atoms with E-state index in [0.717, 1.165) is 6.07 Å². The quantitative estimate of drug-likeness (QED) is 0.497. The van der Waals surface area contributed by atoms with Crippen molar-refractivity contribution in [3.63, 3.8) is 0 Å². The van der Waals surface area contributed by atoms with Gasteiger partial charge in [-0.3, -0.25) is 4.79 Å². The highest BCUT2D eigenvalue weighted by atomic mass is 19.4. The summed E-state index contributed by atoms with van der Waals surface area (Å²) in [4.78, 5) is 28.5. The van der Waals surface area contributed by atoms with Gasteiger partial charge in [-0.1, -0.05) is 0 Å². The molecule has 3 aromatic rings. The smallest absolute Gasteiger partial charge is 0.382 e. The second-order valence-corrected chi connectivity index (χ2v) is 9.48. The number of ether oxygens (including phenoxy) is 1. The van der Waals surface area contributed by atoms with Crippen molar-refractivity contribution < 1.29 is 27.1 Å². The number of amides is 1. The van der Waals surface area contributed by atoms with Gasteiger partial charge >= 0.3 is 6.18 Å². The van der Waals surface area contributed by atoms with Crippen LogP contribution in [-0.2, 0) is 22.3 Å². The summed E-state index contributed by atoms with van der Waals surface area (Å²) in [5.74, 6) is -1.61. The van der Waals surface area contributed by atoms with Crippen LogP contribution in [0.1, 0.15) is 24.5 Å². The third-order valence-corrected chi connectivity index (χ3v) is 6.87. The maximum Gasteiger partial charge on any atom is 0.419 e. The largest absolute Gasteiger partial charge is 0.419 e. The summed E-state index contributed by atoms with van der Waals surface area (Å²) in [6.07, 6.45) is -2.43. The fourth-order valence-corrected chi connectivity index (χ4v) is 5.09. The van der Waals surface area contributed by atoms with E-state index in [1.165, 1.54) is 23.3 Å². The second-order valence-electron chi connectivity index (χ2n) is 9.48. The van der Waals surface area contributed by atoms with Crippen LogP contribution in [0.25, 0.3) is 11.2 Å². The molecule has 5 rings (SSSR count). The number of alkyl halides is 3. The van der Waals surface area contributed by atoms with Crippen LogP contribution in [0.3, 0.4) is 0 Å². The molecule has 0 unspecified atom stereocenters. The topological polar surface area (TPSA) is 128 Å². The number of nitrogens with zero attached hydrogens (tertiary/aromatic N) is 6. The molecule has 2 saturated heterocycles. The van der Waals surface area contributed by atoms with Crippen molar-refractivity contribution in [2.24, 2.45) is 5.73 Å². The summed E-state index contributed by atoms with van der Waals surface area (Å²) in [6.45, 7) is 2.82. The Morgan fingerprint density at radius 3 is 2.76 bits per heavy atom. The van der Waals surface area contributed by atoms with Gasteiger partial charge < -0.3 is 30.6 Å². The van der Waals surface area contributed by atoms with Crippen molar-refractivity contribution in [3.05, 3.63) is 41.7 Å². The molecular formula is C23H26F4N8O2. The number of aromatic nitrogens is 4. The summed E-state index contributed by atoms with van der Waals surface area (Å²) >= 11 is 0. The van der Waals surface area contributed by atoms with E-state index < -0.39 is 29.6 Å². The molecule has 14 heteroatoms. The van der Waals surface area contributed by atoms with Gasteiger partial charge in [-0.15, -0.1) is 0 Å². The first-order valence-corrected chi connectivity index (χ1v) is 11.7. The van der Waals surface area contributed by atoms with Gasteiger partial charge in [-0.25, -0.2) is 19.3 Å². The van der Waals surface area contributed by atoms with E-state index in [4.69, 9.17) is 16.2 Å². The number of rotatable bonds is 4. The third kappa shape index (κ3) is 4.55. The van der Waals surface area contributed by atoms with E-state index in [2.05, 4.69) is 15.0 Å². The number of morpholine rings is 1. The van der Waals surface area contributed by atoms with Gasteiger partial charge in [0.1, 0.15) is 23.2 Å². The molecule has 37 heavy (non-hydrogen) atoms. The van der Waals surface area contributed by atoms with Crippen molar-refractivity contribution >= 4 is 28.6 Å². The van der Waals surface area contributed by atoms with E-state index in [0.29, 0.717) is 19.7 Å². The standard InChI is InChI=1S/C23H26F4N8O2/c1-13-8-33(6-7-37-13)21(36)22(29)4-5-34(10-22)16-3-2-15(24)17(23(25,26)27)14(16)9-35-12-32-18-19(28)30-11-31-20(18)35/h2-3,11-13H,4-10,29H2,1H3,(H2,28,30,31)/t13-,22+/m0/s1. The van der Waals surface area contributed by atoms with E-state index in [1.807, 2.05) is 6.92 Å². The zero-order valence-electron chi connectivity index (χ0n) is 20.0. The number of fused-ring (bicyclic) bond motifs is 1. The maximum absolute atomic E-state index is 14.7. The highest BCUT2D eigenvalue weighted by Crippen LogP contribution is 2.40. The van der Waals surface area contributed by atoms with Crippen molar-refractivity contribution in [3.8, 4) is 0 Å². The van der Waals surface area contributed by atoms with Crippen molar-refractivity contribution in [1.82, 2.24) is 24.4 Å². The Hall–Kier alpha value is -3.52. The number of imidazole rings is 1. The lowest BCUT2D eigenvalue weighted by Gasteiger charge is -2.36. The van der Waals surface area contributed by atoms with E-state index in [-0.39, 0.29) is 59.8 Å². The lowest BCUT2D eigenvalue weighted by Crippen LogP contribution is -2.59. The molecular weight excluding hydrogens is 496 g/mol. The van der Waals surface area contributed by atoms with Gasteiger partial charge in [0.15, 0.2) is 11.5 Å². The normalized spacial score (nSPS) is 22.7. The predicted molar refractivity (Wildman–Crippen MR) is 126 cm³/mol. The van der Waals surface area contributed by atoms with Crippen LogP contribution in [-0.4, -0.2) is 74.8 Å². The summed E-state index contributed by atoms with van der Waals surface area (Å²) in [7, 11) is 0. The van der Waals surface area contributed by atoms with Gasteiger partial charge in [-0.2, -0.15) is 13.2 Å². The number of halogens is 4. The molecule has 4 N–H and O–H groups in total. The molecule has 2 aliphatic rings. The van der Waals surface area contributed by atoms with Crippen LogP contribution >= 0.6 is 0 Å². The average Bonchev–Trinajstić information content (AvgIpc) is 3.43. The van der Waals surface area contributed by atoms with E-state index in [1.54, 1.807) is 9.80 Å². The number of hydrogen-bond donors (Lipinski definition) is 2. The molecule has 2 aromatic heterocycles. The van der Waals surface area contributed by atoms with Crippen LogP contribution in [0.4, 0.5) is 29.1 Å². The minimum atomic E-state index is -4.97. The van der Waals surface area contributed by atoms with Gasteiger partial charge in [0.05, 0.1) is 31.1 Å². The lowest BCUT2D eigenvalue weighted by molar-refractivity contribution is -0.143. The molecule has 0 radical (unpaired) electrons. The van der Waals surface area contributed by atoms with Crippen LogP contribution in [0.15, 0.2) is 24.8 Å². The van der Waals surface area contributed by atoms with Gasteiger partial charge in [0.2, 0.25) is 5.91 Å². The molecule has 0 saturated carbocycles. The molecule has 1 aromatic carbocycles. The Morgan fingerprint density at radius 2 is 2.03 bits per heavy atom. The molecule has 2 aliphatic heterocycles. The summed E-state index contributed by atoms with van der Waals surface area (Å²) in [6, 6.07) is 2.07. The number of anilines is 2. The number of benzene rings is 1. The van der Waals surface area contributed by atoms with Gasteiger partial charge in [-0.05, 0) is 25.5 Å². The molecule has 198 valence electrons. The first-order valence-electron chi connectivity index (χ1n) is 11.7. The van der Waals surface area contributed by atoms with Crippen LogP contribution in [0.2, 0.25) is 0 Å². The Kier molecular flexibility index (Phi) is 6.18. The van der Waals surface area contributed by atoms with E-state index in [9.17, 15) is 22.4 Å². The second kappa shape index (κ2) is 9.10. The first kappa shape index (κ1) is 25.1. The molecule has 10 nitrogen and oxygen atoms in total. The minimum Gasteiger partial charge on any atom is -0.382 e. The number of carbonyl (C=O) groups excluding carboxylic acids is 1. The highest BCUT2D eigenvalue weighted by Gasteiger charge is 2.46. The van der Waals surface area contributed by atoms with Crippen LogP contribution in [0.5, 0.6) is 0 Å². The molecule has 4 heterocycles. The Labute approximate surface area is 209 Å². The Bertz CT molecular complexity index is 1350. The van der Waals surface area contributed by atoms with Crippen molar-refractivity contribution in [2.45, 2.75) is 37.7 Å².